The molecule has 1 N–H and O–H groups in total. The second-order valence-corrected chi connectivity index (χ2v) is 6.76. The van der Waals surface area contributed by atoms with Crippen molar-refractivity contribution in [3.8, 4) is 6.07 Å². The molecular formula is C14H21N5O2. The van der Waals surface area contributed by atoms with E-state index in [2.05, 4.69) is 16.5 Å². The minimum Gasteiger partial charge on any atom is -0.336 e. The molecule has 1 fully saturated rings. The van der Waals surface area contributed by atoms with Gasteiger partial charge in [-0.15, -0.1) is 0 Å². The highest BCUT2D eigenvalue weighted by Crippen LogP contribution is 2.39. The summed E-state index contributed by atoms with van der Waals surface area (Å²) in [6, 6.07) is 2.16. The lowest BCUT2D eigenvalue weighted by Gasteiger charge is -2.22. The van der Waals surface area contributed by atoms with Crippen LogP contribution >= 0.6 is 0 Å². The molecule has 1 aromatic heterocycles. The fraction of sp³-hybridized carbons (Fsp3) is 0.714. The van der Waals surface area contributed by atoms with Crippen LogP contribution in [-0.2, 0) is 16.9 Å². The number of hydrogen-bond donors (Lipinski definition) is 1. The fourth-order valence-electron chi connectivity index (χ4n) is 2.27. The summed E-state index contributed by atoms with van der Waals surface area (Å²) in [4.78, 5) is 24.2. The van der Waals surface area contributed by atoms with Crippen LogP contribution in [0.15, 0.2) is 11.1 Å². The third-order valence-corrected chi connectivity index (χ3v) is 3.71. The van der Waals surface area contributed by atoms with Crippen LogP contribution in [0.2, 0.25) is 0 Å². The normalized spacial score (nSPS) is 17.9. The van der Waals surface area contributed by atoms with Crippen molar-refractivity contribution in [2.75, 3.05) is 0 Å². The van der Waals surface area contributed by atoms with Gasteiger partial charge < -0.3 is 5.32 Å². The zero-order chi connectivity index (χ0) is 15.8. The number of nitrogens with one attached hydrogen (secondary N) is 1. The van der Waals surface area contributed by atoms with Crippen LogP contribution in [0, 0.1) is 17.2 Å². The molecule has 114 valence electrons. The van der Waals surface area contributed by atoms with Crippen LogP contribution in [-0.4, -0.2) is 25.8 Å². The number of hydrogen-bond acceptors (Lipinski definition) is 4. The zero-order valence-corrected chi connectivity index (χ0v) is 12.9. The Morgan fingerprint density at radius 2 is 2.10 bits per heavy atom. The Labute approximate surface area is 123 Å². The molecule has 2 rings (SSSR count). The summed E-state index contributed by atoms with van der Waals surface area (Å²) in [6.45, 7) is 7.20. The van der Waals surface area contributed by atoms with Gasteiger partial charge >= 0.3 is 5.69 Å². The maximum absolute atomic E-state index is 12.2. The van der Waals surface area contributed by atoms with Crippen LogP contribution in [0.5, 0.6) is 0 Å². The minimum absolute atomic E-state index is 0.126. The summed E-state index contributed by atoms with van der Waals surface area (Å²) in [6.07, 6.45) is 3.26. The molecule has 1 amide bonds. The summed E-state index contributed by atoms with van der Waals surface area (Å²) < 4.78 is 2.59. The lowest BCUT2D eigenvalue weighted by Crippen LogP contribution is -2.48. The molecule has 0 bridgehead atoms. The van der Waals surface area contributed by atoms with E-state index in [1.807, 2.05) is 20.8 Å². The molecule has 7 nitrogen and oxygen atoms in total. The SMILES string of the molecule is CC(C#N)(NC(=O)Cn1cnn(C(C)(C)C)c1=O)C1CC1. The molecule has 0 spiro atoms. The standard InChI is InChI=1S/C14H21N5O2/c1-13(2,3)19-12(21)18(9-16-19)7-11(20)17-14(4,8-15)10-5-6-10/h9-10H,5-7H2,1-4H3,(H,17,20). The Hall–Kier alpha value is -2.10. The number of nitriles is 1. The van der Waals surface area contributed by atoms with Crippen molar-refractivity contribution in [2.45, 2.75) is 58.2 Å². The molecule has 0 saturated heterocycles. The first-order valence-electron chi connectivity index (χ1n) is 7.04. The quantitative estimate of drug-likeness (QED) is 0.879. The monoisotopic (exact) mass is 291 g/mol. The smallest absolute Gasteiger partial charge is 0.336 e. The molecule has 0 radical (unpaired) electrons. The molecule has 1 unspecified atom stereocenters. The van der Waals surface area contributed by atoms with Gasteiger partial charge in [-0.1, -0.05) is 0 Å². The van der Waals surface area contributed by atoms with E-state index < -0.39 is 11.1 Å². The average molecular weight is 291 g/mol. The van der Waals surface area contributed by atoms with Crippen molar-refractivity contribution in [2.24, 2.45) is 5.92 Å². The zero-order valence-electron chi connectivity index (χ0n) is 12.9. The number of carbonyl (C=O) groups is 1. The van der Waals surface area contributed by atoms with Crippen LogP contribution in [0.4, 0.5) is 0 Å². The van der Waals surface area contributed by atoms with Gasteiger partial charge in [0.05, 0.1) is 11.6 Å². The molecule has 1 aliphatic rings. The van der Waals surface area contributed by atoms with Gasteiger partial charge in [0.15, 0.2) is 0 Å². The van der Waals surface area contributed by atoms with Crippen molar-refractivity contribution < 1.29 is 4.79 Å². The van der Waals surface area contributed by atoms with Crippen molar-refractivity contribution in [3.63, 3.8) is 0 Å². The summed E-state index contributed by atoms with van der Waals surface area (Å²) in [7, 11) is 0. The van der Waals surface area contributed by atoms with Crippen LogP contribution < -0.4 is 11.0 Å². The second-order valence-electron chi connectivity index (χ2n) is 6.76. The molecule has 7 heteroatoms. The number of aromatic nitrogens is 3. The van der Waals surface area contributed by atoms with Crippen molar-refractivity contribution in [3.05, 3.63) is 16.8 Å². The number of amides is 1. The predicted octanol–water partition coefficient (Wildman–Crippen LogP) is 0.608. The first-order valence-corrected chi connectivity index (χ1v) is 7.04. The highest BCUT2D eigenvalue weighted by molar-refractivity contribution is 5.77. The molecule has 1 atom stereocenters. The van der Waals surface area contributed by atoms with E-state index >= 15 is 0 Å². The topological polar surface area (TPSA) is 92.7 Å². The highest BCUT2D eigenvalue weighted by Gasteiger charge is 2.43. The first-order chi connectivity index (χ1) is 9.67. The lowest BCUT2D eigenvalue weighted by molar-refractivity contribution is -0.123. The highest BCUT2D eigenvalue weighted by atomic mass is 16.2. The van der Waals surface area contributed by atoms with E-state index in [9.17, 15) is 14.9 Å². The Balaban J connectivity index is 2.09. The summed E-state index contributed by atoms with van der Waals surface area (Å²) in [5, 5.41) is 16.0. The van der Waals surface area contributed by atoms with Gasteiger partial charge in [0.25, 0.3) is 0 Å². The molecular weight excluding hydrogens is 270 g/mol. The minimum atomic E-state index is -0.847. The van der Waals surface area contributed by atoms with Gasteiger partial charge in [0.2, 0.25) is 5.91 Å². The van der Waals surface area contributed by atoms with Crippen molar-refractivity contribution in [1.82, 2.24) is 19.7 Å². The average Bonchev–Trinajstić information content (AvgIpc) is 3.15. The molecule has 1 aromatic rings. The van der Waals surface area contributed by atoms with Gasteiger partial charge in [-0.25, -0.2) is 9.48 Å². The van der Waals surface area contributed by atoms with E-state index in [1.54, 1.807) is 6.92 Å². The molecule has 1 saturated carbocycles. The Morgan fingerprint density at radius 1 is 1.48 bits per heavy atom. The summed E-state index contributed by atoms with van der Waals surface area (Å²) >= 11 is 0. The fourth-order valence-corrected chi connectivity index (χ4v) is 2.27. The number of nitrogens with zero attached hydrogens (tertiary/aromatic N) is 4. The van der Waals surface area contributed by atoms with Crippen LogP contribution in [0.25, 0.3) is 0 Å². The van der Waals surface area contributed by atoms with Gasteiger partial charge in [-0.2, -0.15) is 10.4 Å². The summed E-state index contributed by atoms with van der Waals surface area (Å²) in [5.74, 6) is -0.137. The third kappa shape index (κ3) is 3.15. The molecule has 0 aliphatic heterocycles. The molecule has 1 aliphatic carbocycles. The molecule has 0 aromatic carbocycles. The van der Waals surface area contributed by atoms with E-state index in [0.717, 1.165) is 12.8 Å². The maximum Gasteiger partial charge on any atom is 0.346 e. The van der Waals surface area contributed by atoms with Gasteiger partial charge in [0, 0.05) is 0 Å². The van der Waals surface area contributed by atoms with E-state index in [1.165, 1.54) is 15.6 Å². The first kappa shape index (κ1) is 15.3. The third-order valence-electron chi connectivity index (χ3n) is 3.71. The van der Waals surface area contributed by atoms with Crippen LogP contribution in [0.3, 0.4) is 0 Å². The Bertz CT molecular complexity index is 642. The molecule has 1 heterocycles. The van der Waals surface area contributed by atoms with Crippen molar-refractivity contribution >= 4 is 5.91 Å². The Morgan fingerprint density at radius 3 is 2.52 bits per heavy atom. The van der Waals surface area contributed by atoms with Gasteiger partial charge in [-0.05, 0) is 46.5 Å². The van der Waals surface area contributed by atoms with Crippen LogP contribution in [0.1, 0.15) is 40.5 Å². The number of rotatable bonds is 4. The van der Waals surface area contributed by atoms with E-state index in [0.29, 0.717) is 0 Å². The second kappa shape index (κ2) is 5.02. The lowest BCUT2D eigenvalue weighted by atomic mass is 9.98. The largest absolute Gasteiger partial charge is 0.346 e. The van der Waals surface area contributed by atoms with E-state index in [4.69, 9.17) is 0 Å². The molecule has 21 heavy (non-hydrogen) atoms. The predicted molar refractivity (Wildman–Crippen MR) is 76.4 cm³/mol. The number of carbonyl (C=O) groups excluding carboxylic acids is 1. The van der Waals surface area contributed by atoms with Gasteiger partial charge in [0.1, 0.15) is 18.4 Å². The Kier molecular flexibility index (Phi) is 3.66. The van der Waals surface area contributed by atoms with E-state index in [-0.39, 0.29) is 24.1 Å². The summed E-state index contributed by atoms with van der Waals surface area (Å²) in [5.41, 5.74) is -1.61. The van der Waals surface area contributed by atoms with Crippen molar-refractivity contribution in [1.29, 1.82) is 5.26 Å². The van der Waals surface area contributed by atoms with Gasteiger partial charge in [-0.3, -0.25) is 9.36 Å². The maximum atomic E-state index is 12.2.